The van der Waals surface area contributed by atoms with Gasteiger partial charge < -0.3 is 14.5 Å². The van der Waals surface area contributed by atoms with Gasteiger partial charge in [0, 0.05) is 38.8 Å². The summed E-state index contributed by atoms with van der Waals surface area (Å²) >= 11 is 0. The van der Waals surface area contributed by atoms with E-state index in [-0.39, 0.29) is 0 Å². The number of hydrogen-bond donors (Lipinski definition) is 0. The third kappa shape index (κ3) is 3.57. The van der Waals surface area contributed by atoms with Crippen LogP contribution in [-0.4, -0.2) is 68.1 Å². The van der Waals surface area contributed by atoms with Crippen molar-refractivity contribution >= 4 is 17.4 Å². The summed E-state index contributed by atoms with van der Waals surface area (Å²) in [6, 6.07) is 9.97. The molecule has 32 heavy (non-hydrogen) atoms. The second-order valence-corrected chi connectivity index (χ2v) is 7.62. The lowest BCUT2D eigenvalue weighted by Gasteiger charge is -2.36. The van der Waals surface area contributed by atoms with E-state index in [2.05, 4.69) is 41.1 Å². The molecule has 5 rings (SSSR count). The lowest BCUT2D eigenvalue weighted by molar-refractivity contribution is 0.413. The molecule has 4 heterocycles. The Labute approximate surface area is 185 Å². The van der Waals surface area contributed by atoms with Crippen LogP contribution in [0.4, 0.5) is 11.6 Å². The molecule has 1 aliphatic heterocycles. The molecule has 1 saturated heterocycles. The SMILES string of the molecule is CCc1nc2nnc(-c3ccnc(N4CCN(c5ccccc5OC)CC4)n3)c(C)n2n1. The molecule has 1 fully saturated rings. The minimum absolute atomic E-state index is 0.504. The van der Waals surface area contributed by atoms with Crippen LogP contribution in [0.15, 0.2) is 36.5 Å². The average molecular weight is 432 g/mol. The van der Waals surface area contributed by atoms with Crippen molar-refractivity contribution in [2.24, 2.45) is 0 Å². The Hall–Kier alpha value is -3.82. The number of nitrogens with zero attached hydrogens (tertiary/aromatic N) is 9. The van der Waals surface area contributed by atoms with Crippen molar-refractivity contribution in [1.29, 1.82) is 0 Å². The number of aryl methyl sites for hydroxylation is 2. The fourth-order valence-electron chi connectivity index (χ4n) is 3.96. The maximum Gasteiger partial charge on any atom is 0.272 e. The number of aromatic nitrogens is 7. The molecule has 0 bridgehead atoms. The molecule has 3 aromatic heterocycles. The summed E-state index contributed by atoms with van der Waals surface area (Å²) in [5, 5.41) is 13.1. The number of methoxy groups -OCH3 is 1. The Morgan fingerprint density at radius 3 is 2.53 bits per heavy atom. The van der Waals surface area contributed by atoms with Gasteiger partial charge in [-0.25, -0.2) is 9.97 Å². The molecule has 0 radical (unpaired) electrons. The van der Waals surface area contributed by atoms with E-state index in [1.165, 1.54) is 0 Å². The highest BCUT2D eigenvalue weighted by molar-refractivity contribution is 5.61. The van der Waals surface area contributed by atoms with Gasteiger partial charge in [-0.15, -0.1) is 15.3 Å². The summed E-state index contributed by atoms with van der Waals surface area (Å²) in [7, 11) is 1.71. The molecule has 0 unspecified atom stereocenters. The molecule has 0 spiro atoms. The van der Waals surface area contributed by atoms with E-state index in [1.807, 2.05) is 38.1 Å². The molecule has 0 N–H and O–H groups in total. The van der Waals surface area contributed by atoms with Gasteiger partial charge in [0.2, 0.25) is 5.95 Å². The zero-order chi connectivity index (χ0) is 22.1. The van der Waals surface area contributed by atoms with E-state index in [0.717, 1.165) is 61.2 Å². The van der Waals surface area contributed by atoms with Crippen LogP contribution in [-0.2, 0) is 6.42 Å². The number of ether oxygens (including phenoxy) is 1. The highest BCUT2D eigenvalue weighted by Crippen LogP contribution is 2.29. The van der Waals surface area contributed by atoms with Gasteiger partial charge in [0.25, 0.3) is 5.78 Å². The monoisotopic (exact) mass is 431 g/mol. The number of rotatable bonds is 5. The first-order chi connectivity index (χ1) is 15.7. The topological polar surface area (TPSA) is 97.5 Å². The molecule has 0 atom stereocenters. The van der Waals surface area contributed by atoms with Crippen molar-refractivity contribution in [2.75, 3.05) is 43.1 Å². The maximum absolute atomic E-state index is 5.52. The second kappa shape index (κ2) is 8.37. The predicted molar refractivity (Wildman–Crippen MR) is 121 cm³/mol. The Kier molecular flexibility index (Phi) is 5.26. The molecular weight excluding hydrogens is 406 g/mol. The average Bonchev–Trinajstić information content (AvgIpc) is 3.29. The number of piperazine rings is 1. The molecule has 1 aliphatic rings. The number of fused-ring (bicyclic) bond motifs is 1. The molecular formula is C22H25N9O. The van der Waals surface area contributed by atoms with Crippen molar-refractivity contribution in [3.8, 4) is 17.1 Å². The summed E-state index contributed by atoms with van der Waals surface area (Å²) in [4.78, 5) is 18.2. The molecule has 4 aromatic rings. The van der Waals surface area contributed by atoms with Crippen LogP contribution in [0.5, 0.6) is 5.75 Å². The quantitative estimate of drug-likeness (QED) is 0.471. The molecule has 164 valence electrons. The van der Waals surface area contributed by atoms with E-state index in [0.29, 0.717) is 17.4 Å². The van der Waals surface area contributed by atoms with E-state index in [4.69, 9.17) is 9.72 Å². The Bertz CT molecular complexity index is 1250. The Balaban J connectivity index is 1.37. The first-order valence-electron chi connectivity index (χ1n) is 10.7. The van der Waals surface area contributed by atoms with Crippen molar-refractivity contribution in [2.45, 2.75) is 20.3 Å². The van der Waals surface area contributed by atoms with Crippen molar-refractivity contribution in [3.63, 3.8) is 0 Å². The van der Waals surface area contributed by atoms with E-state index in [9.17, 15) is 0 Å². The lowest BCUT2D eigenvalue weighted by Crippen LogP contribution is -2.47. The van der Waals surface area contributed by atoms with Gasteiger partial charge in [0.05, 0.1) is 24.2 Å². The summed E-state index contributed by atoms with van der Waals surface area (Å²) in [6.45, 7) is 7.32. The number of hydrogen-bond acceptors (Lipinski definition) is 9. The minimum Gasteiger partial charge on any atom is -0.495 e. The lowest BCUT2D eigenvalue weighted by atomic mass is 10.2. The normalized spacial score (nSPS) is 14.2. The summed E-state index contributed by atoms with van der Waals surface area (Å²) in [5.74, 6) is 2.83. The van der Waals surface area contributed by atoms with Crippen molar-refractivity contribution < 1.29 is 4.74 Å². The molecule has 10 heteroatoms. The highest BCUT2D eigenvalue weighted by atomic mass is 16.5. The third-order valence-corrected chi connectivity index (χ3v) is 5.72. The van der Waals surface area contributed by atoms with Gasteiger partial charge in [-0.05, 0) is 25.1 Å². The fraction of sp³-hybridized carbons (Fsp3) is 0.364. The van der Waals surface area contributed by atoms with Crippen LogP contribution in [0.25, 0.3) is 17.2 Å². The second-order valence-electron chi connectivity index (χ2n) is 7.62. The summed E-state index contributed by atoms with van der Waals surface area (Å²) in [6.07, 6.45) is 2.52. The molecule has 0 aliphatic carbocycles. The fourth-order valence-corrected chi connectivity index (χ4v) is 3.96. The van der Waals surface area contributed by atoms with E-state index in [1.54, 1.807) is 17.8 Å². The zero-order valence-electron chi connectivity index (χ0n) is 18.4. The van der Waals surface area contributed by atoms with Gasteiger partial charge >= 0.3 is 0 Å². The third-order valence-electron chi connectivity index (χ3n) is 5.72. The maximum atomic E-state index is 5.52. The van der Waals surface area contributed by atoms with Gasteiger partial charge in [-0.3, -0.25) is 0 Å². The van der Waals surface area contributed by atoms with Crippen LogP contribution in [0.2, 0.25) is 0 Å². The number of para-hydroxylation sites is 2. The number of anilines is 2. The Morgan fingerprint density at radius 2 is 1.75 bits per heavy atom. The molecule has 10 nitrogen and oxygen atoms in total. The van der Waals surface area contributed by atoms with Crippen LogP contribution >= 0.6 is 0 Å². The highest BCUT2D eigenvalue weighted by Gasteiger charge is 2.22. The molecule has 1 aromatic carbocycles. The molecule has 0 amide bonds. The first-order valence-corrected chi connectivity index (χ1v) is 10.7. The summed E-state index contributed by atoms with van der Waals surface area (Å²) in [5.41, 5.74) is 3.37. The Morgan fingerprint density at radius 1 is 0.969 bits per heavy atom. The molecule has 0 saturated carbocycles. The van der Waals surface area contributed by atoms with Gasteiger partial charge in [0.1, 0.15) is 11.4 Å². The van der Waals surface area contributed by atoms with Gasteiger partial charge in [0.15, 0.2) is 5.82 Å². The van der Waals surface area contributed by atoms with Crippen LogP contribution in [0.1, 0.15) is 18.4 Å². The van der Waals surface area contributed by atoms with Crippen molar-refractivity contribution in [1.82, 2.24) is 34.8 Å². The van der Waals surface area contributed by atoms with E-state index >= 15 is 0 Å². The van der Waals surface area contributed by atoms with Crippen LogP contribution in [0.3, 0.4) is 0 Å². The first kappa shape index (κ1) is 20.1. The zero-order valence-corrected chi connectivity index (χ0v) is 18.4. The van der Waals surface area contributed by atoms with Gasteiger partial charge in [-0.2, -0.15) is 9.50 Å². The summed E-state index contributed by atoms with van der Waals surface area (Å²) < 4.78 is 7.25. The predicted octanol–water partition coefficient (Wildman–Crippen LogP) is 2.18. The van der Waals surface area contributed by atoms with Crippen LogP contribution < -0.4 is 14.5 Å². The minimum atomic E-state index is 0.504. The number of benzene rings is 1. The van der Waals surface area contributed by atoms with Crippen LogP contribution in [0, 0.1) is 6.92 Å². The largest absolute Gasteiger partial charge is 0.495 e. The van der Waals surface area contributed by atoms with E-state index < -0.39 is 0 Å². The van der Waals surface area contributed by atoms with Gasteiger partial charge in [-0.1, -0.05) is 19.1 Å². The smallest absolute Gasteiger partial charge is 0.272 e. The standard InChI is InChI=1S/C22H25N9O/c1-4-19-25-22-27-26-20(15(2)31(22)28-19)16-9-10-23-21(24-16)30-13-11-29(12-14-30)17-7-5-6-8-18(17)32-3/h5-10H,4,11-14H2,1-3H3. The van der Waals surface area contributed by atoms with Crippen molar-refractivity contribution in [3.05, 3.63) is 48.0 Å².